The van der Waals surface area contributed by atoms with E-state index in [4.69, 9.17) is 4.74 Å². The smallest absolute Gasteiger partial charge is 0.227 e. The van der Waals surface area contributed by atoms with Crippen LogP contribution in [0.25, 0.3) is 0 Å². The van der Waals surface area contributed by atoms with Crippen LogP contribution in [-0.2, 0) is 0 Å². The van der Waals surface area contributed by atoms with Gasteiger partial charge in [-0.05, 0) is 41.0 Å². The lowest BCUT2D eigenvalue weighted by Gasteiger charge is -2.09. The molecule has 15 heavy (non-hydrogen) atoms. The molecule has 0 aliphatic carbocycles. The van der Waals surface area contributed by atoms with E-state index >= 15 is 0 Å². The van der Waals surface area contributed by atoms with Crippen LogP contribution in [-0.4, -0.2) is 24.2 Å². The van der Waals surface area contributed by atoms with Crippen molar-refractivity contribution in [3.63, 3.8) is 0 Å². The molecule has 0 amide bonds. The van der Waals surface area contributed by atoms with Crippen LogP contribution in [0.5, 0.6) is 5.88 Å². The van der Waals surface area contributed by atoms with Gasteiger partial charge in [-0.25, -0.2) is 4.98 Å². The summed E-state index contributed by atoms with van der Waals surface area (Å²) in [6.45, 7) is 5.93. The van der Waals surface area contributed by atoms with Crippen LogP contribution in [0.1, 0.15) is 20.3 Å². The van der Waals surface area contributed by atoms with E-state index in [-0.39, 0.29) is 0 Å². The van der Waals surface area contributed by atoms with Gasteiger partial charge in [-0.1, -0.05) is 13.8 Å². The van der Waals surface area contributed by atoms with Crippen LogP contribution in [0, 0.1) is 0 Å². The van der Waals surface area contributed by atoms with Gasteiger partial charge >= 0.3 is 0 Å². The van der Waals surface area contributed by atoms with Gasteiger partial charge in [-0.15, -0.1) is 0 Å². The number of aromatic nitrogens is 1. The first-order valence-electron chi connectivity index (χ1n) is 5.17. The Labute approximate surface area is 99.4 Å². The van der Waals surface area contributed by atoms with Crippen molar-refractivity contribution in [1.82, 2.24) is 10.3 Å². The average Bonchev–Trinajstić information content (AvgIpc) is 2.20. The second-order valence-corrected chi connectivity index (χ2v) is 4.46. The zero-order chi connectivity index (χ0) is 11.1. The highest BCUT2D eigenvalue weighted by atomic mass is 79.9. The van der Waals surface area contributed by atoms with Gasteiger partial charge in [0, 0.05) is 12.2 Å². The van der Waals surface area contributed by atoms with Gasteiger partial charge in [0.2, 0.25) is 5.88 Å². The quantitative estimate of drug-likeness (QED) is 0.809. The maximum absolute atomic E-state index is 5.52. The SMILES string of the molecule is CC(C)NCCCOc1ncccc1Br. The molecular weight excluding hydrogens is 256 g/mol. The molecule has 0 aromatic carbocycles. The third kappa shape index (κ3) is 5.14. The first-order valence-corrected chi connectivity index (χ1v) is 5.96. The molecule has 0 radical (unpaired) electrons. The van der Waals surface area contributed by atoms with Crippen LogP contribution in [0.2, 0.25) is 0 Å². The highest BCUT2D eigenvalue weighted by molar-refractivity contribution is 9.10. The van der Waals surface area contributed by atoms with Crippen molar-refractivity contribution >= 4 is 15.9 Å². The Morgan fingerprint density at radius 2 is 2.33 bits per heavy atom. The molecule has 0 aliphatic rings. The highest BCUT2D eigenvalue weighted by Gasteiger charge is 2.00. The Hall–Kier alpha value is -0.610. The molecule has 0 saturated carbocycles. The van der Waals surface area contributed by atoms with Gasteiger partial charge in [0.1, 0.15) is 0 Å². The van der Waals surface area contributed by atoms with Crippen LogP contribution in [0.3, 0.4) is 0 Å². The van der Waals surface area contributed by atoms with E-state index in [1.807, 2.05) is 12.1 Å². The maximum Gasteiger partial charge on any atom is 0.227 e. The molecule has 0 fully saturated rings. The lowest BCUT2D eigenvalue weighted by atomic mass is 10.3. The number of hydrogen-bond acceptors (Lipinski definition) is 3. The molecule has 0 aliphatic heterocycles. The van der Waals surface area contributed by atoms with E-state index in [9.17, 15) is 0 Å². The minimum absolute atomic E-state index is 0.534. The topological polar surface area (TPSA) is 34.1 Å². The van der Waals surface area contributed by atoms with Crippen LogP contribution < -0.4 is 10.1 Å². The zero-order valence-corrected chi connectivity index (χ0v) is 10.8. The molecule has 3 nitrogen and oxygen atoms in total. The van der Waals surface area contributed by atoms with E-state index in [2.05, 4.69) is 40.1 Å². The Kier molecular flexibility index (Phi) is 5.65. The van der Waals surface area contributed by atoms with E-state index in [0.717, 1.165) is 17.4 Å². The molecule has 0 atom stereocenters. The molecule has 1 N–H and O–H groups in total. The number of rotatable bonds is 6. The minimum atomic E-state index is 0.534. The van der Waals surface area contributed by atoms with Crippen molar-refractivity contribution in [2.45, 2.75) is 26.3 Å². The van der Waals surface area contributed by atoms with Crippen molar-refractivity contribution in [2.24, 2.45) is 0 Å². The largest absolute Gasteiger partial charge is 0.477 e. The van der Waals surface area contributed by atoms with Crippen molar-refractivity contribution in [2.75, 3.05) is 13.2 Å². The summed E-state index contributed by atoms with van der Waals surface area (Å²) in [5.74, 6) is 0.669. The first-order chi connectivity index (χ1) is 7.20. The summed E-state index contributed by atoms with van der Waals surface area (Å²) in [4.78, 5) is 4.12. The van der Waals surface area contributed by atoms with Gasteiger partial charge in [0.15, 0.2) is 0 Å². The van der Waals surface area contributed by atoms with E-state index in [0.29, 0.717) is 18.5 Å². The van der Waals surface area contributed by atoms with E-state index < -0.39 is 0 Å². The Morgan fingerprint density at radius 3 is 3.00 bits per heavy atom. The Balaban J connectivity index is 2.18. The lowest BCUT2D eigenvalue weighted by molar-refractivity contribution is 0.293. The fourth-order valence-electron chi connectivity index (χ4n) is 1.11. The third-order valence-electron chi connectivity index (χ3n) is 1.84. The average molecular weight is 273 g/mol. The third-order valence-corrected chi connectivity index (χ3v) is 2.44. The second kappa shape index (κ2) is 6.80. The predicted octanol–water partition coefficient (Wildman–Crippen LogP) is 2.61. The molecule has 0 saturated heterocycles. The van der Waals surface area contributed by atoms with Crippen LogP contribution in [0.15, 0.2) is 22.8 Å². The second-order valence-electron chi connectivity index (χ2n) is 3.60. The Bertz CT molecular complexity index is 292. The van der Waals surface area contributed by atoms with Gasteiger partial charge in [0.25, 0.3) is 0 Å². The van der Waals surface area contributed by atoms with Crippen molar-refractivity contribution in [1.29, 1.82) is 0 Å². The van der Waals surface area contributed by atoms with Gasteiger partial charge in [-0.2, -0.15) is 0 Å². The zero-order valence-electron chi connectivity index (χ0n) is 9.16. The summed E-state index contributed by atoms with van der Waals surface area (Å²) in [6, 6.07) is 4.33. The minimum Gasteiger partial charge on any atom is -0.477 e. The molecule has 84 valence electrons. The van der Waals surface area contributed by atoms with Gasteiger partial charge in [-0.3, -0.25) is 0 Å². The highest BCUT2D eigenvalue weighted by Crippen LogP contribution is 2.20. The molecule has 1 aromatic heterocycles. The van der Waals surface area contributed by atoms with Crippen molar-refractivity contribution in [3.05, 3.63) is 22.8 Å². The summed E-state index contributed by atoms with van der Waals surface area (Å²) in [6.07, 6.45) is 2.72. The van der Waals surface area contributed by atoms with Crippen LogP contribution >= 0.6 is 15.9 Å². The van der Waals surface area contributed by atoms with Crippen molar-refractivity contribution < 1.29 is 4.74 Å². The summed E-state index contributed by atoms with van der Waals surface area (Å²) >= 11 is 3.39. The molecule has 0 bridgehead atoms. The number of hydrogen-bond donors (Lipinski definition) is 1. The fourth-order valence-corrected chi connectivity index (χ4v) is 1.48. The molecule has 0 unspecified atom stereocenters. The number of halogens is 1. The molecule has 0 spiro atoms. The maximum atomic E-state index is 5.52. The molecule has 1 heterocycles. The van der Waals surface area contributed by atoms with E-state index in [1.54, 1.807) is 6.20 Å². The van der Waals surface area contributed by atoms with Crippen molar-refractivity contribution in [3.8, 4) is 5.88 Å². The lowest BCUT2D eigenvalue weighted by Crippen LogP contribution is -2.24. The summed E-state index contributed by atoms with van der Waals surface area (Å²) < 4.78 is 6.43. The number of pyridine rings is 1. The van der Waals surface area contributed by atoms with Gasteiger partial charge in [0.05, 0.1) is 11.1 Å². The molecule has 1 aromatic rings. The summed E-state index contributed by atoms with van der Waals surface area (Å²) in [5, 5.41) is 3.33. The monoisotopic (exact) mass is 272 g/mol. The van der Waals surface area contributed by atoms with Gasteiger partial charge < -0.3 is 10.1 Å². The Morgan fingerprint density at radius 1 is 1.53 bits per heavy atom. The predicted molar refractivity (Wildman–Crippen MR) is 65.2 cm³/mol. The standard InChI is InChI=1S/C11H17BrN2O/c1-9(2)13-7-4-8-15-11-10(12)5-3-6-14-11/h3,5-6,9,13H,4,7-8H2,1-2H3. The normalized spacial score (nSPS) is 10.7. The first kappa shape index (κ1) is 12.5. The number of ether oxygens (including phenoxy) is 1. The van der Waals surface area contributed by atoms with Crippen LogP contribution in [0.4, 0.5) is 0 Å². The summed E-state index contributed by atoms with van der Waals surface area (Å²) in [5.41, 5.74) is 0. The summed E-state index contributed by atoms with van der Waals surface area (Å²) in [7, 11) is 0. The number of nitrogens with one attached hydrogen (secondary N) is 1. The van der Waals surface area contributed by atoms with E-state index in [1.165, 1.54) is 0 Å². The molecule has 1 rings (SSSR count). The molecule has 4 heteroatoms. The fraction of sp³-hybridized carbons (Fsp3) is 0.545. The molecular formula is C11H17BrN2O. The number of nitrogens with zero attached hydrogens (tertiary/aromatic N) is 1.